The van der Waals surface area contributed by atoms with E-state index in [9.17, 15) is 14.7 Å². The van der Waals surface area contributed by atoms with Crippen molar-refractivity contribution >= 4 is 22.2 Å². The standard InChI is InChI=1S/C26H20O4S.K.H/c27-25(28)20-11-10-12-21(19-20)26(29)30-31(22-13-4-1-5-14-22,23-15-6-2-7-16-23)24-17-8-3-9-18-24;;/h1-19H,(H,27,28);;/q;+1;-1. The zero-order valence-electron chi connectivity index (χ0n) is 18.5. The van der Waals surface area contributed by atoms with Crippen LogP contribution in [-0.4, -0.2) is 17.0 Å². The molecule has 0 amide bonds. The average molecular weight is 469 g/mol. The van der Waals surface area contributed by atoms with Gasteiger partial charge >= 0.3 is 63.3 Å². The molecule has 0 fully saturated rings. The van der Waals surface area contributed by atoms with Crippen molar-refractivity contribution in [3.8, 4) is 0 Å². The smallest absolute Gasteiger partial charge is 1.00 e. The summed E-state index contributed by atoms with van der Waals surface area (Å²) in [6.07, 6.45) is 0. The first-order valence-electron chi connectivity index (χ1n) is 9.67. The summed E-state index contributed by atoms with van der Waals surface area (Å²) in [5.41, 5.74) is 0.230. The van der Waals surface area contributed by atoms with Gasteiger partial charge in [0.1, 0.15) is 0 Å². The van der Waals surface area contributed by atoms with Crippen molar-refractivity contribution in [3.05, 3.63) is 126 Å². The number of carboxylic acid groups (broad SMARTS) is 1. The molecule has 0 heterocycles. The van der Waals surface area contributed by atoms with E-state index in [0.717, 1.165) is 14.7 Å². The third kappa shape index (κ3) is 5.07. The molecule has 0 aliphatic heterocycles. The molecule has 0 unspecified atom stereocenters. The van der Waals surface area contributed by atoms with E-state index in [4.69, 9.17) is 4.18 Å². The van der Waals surface area contributed by atoms with Crippen LogP contribution < -0.4 is 51.4 Å². The van der Waals surface area contributed by atoms with Crippen LogP contribution >= 0.6 is 10.3 Å². The van der Waals surface area contributed by atoms with E-state index >= 15 is 0 Å². The van der Waals surface area contributed by atoms with E-state index in [0.29, 0.717) is 0 Å². The van der Waals surface area contributed by atoms with Crippen molar-refractivity contribution in [1.29, 1.82) is 0 Å². The van der Waals surface area contributed by atoms with Gasteiger partial charge < -0.3 is 10.7 Å². The molecule has 4 nitrogen and oxygen atoms in total. The van der Waals surface area contributed by atoms with E-state index in [1.165, 1.54) is 12.1 Å². The average Bonchev–Trinajstić information content (AvgIpc) is 2.84. The van der Waals surface area contributed by atoms with Crippen LogP contribution in [0.1, 0.15) is 22.1 Å². The fourth-order valence-corrected chi connectivity index (χ4v) is 6.38. The second-order valence-electron chi connectivity index (χ2n) is 6.75. The van der Waals surface area contributed by atoms with Crippen LogP contribution in [0.2, 0.25) is 0 Å². The van der Waals surface area contributed by atoms with Gasteiger partial charge in [0, 0.05) is 14.7 Å². The Morgan fingerprint density at radius 1 is 0.625 bits per heavy atom. The van der Waals surface area contributed by atoms with E-state index in [2.05, 4.69) is 0 Å². The van der Waals surface area contributed by atoms with Gasteiger partial charge in [-0.3, -0.25) is 0 Å². The summed E-state index contributed by atoms with van der Waals surface area (Å²) in [5, 5.41) is 9.31. The van der Waals surface area contributed by atoms with Crippen molar-refractivity contribution in [2.75, 3.05) is 0 Å². The van der Waals surface area contributed by atoms with E-state index < -0.39 is 22.2 Å². The zero-order chi connectivity index (χ0) is 21.7. The minimum Gasteiger partial charge on any atom is -1.00 e. The summed E-state index contributed by atoms with van der Waals surface area (Å²) in [7, 11) is -2.41. The second kappa shape index (κ2) is 11.1. The maximum absolute atomic E-state index is 13.4. The summed E-state index contributed by atoms with van der Waals surface area (Å²) in [4.78, 5) is 27.4. The molecule has 4 aromatic carbocycles. The third-order valence-corrected chi connectivity index (χ3v) is 7.98. The molecule has 0 atom stereocenters. The van der Waals surface area contributed by atoms with Crippen molar-refractivity contribution in [3.63, 3.8) is 0 Å². The molecule has 1 N–H and O–H groups in total. The Kier molecular flexibility index (Phi) is 8.48. The first-order valence-corrected chi connectivity index (χ1v) is 11.2. The fourth-order valence-electron chi connectivity index (χ4n) is 3.33. The summed E-state index contributed by atoms with van der Waals surface area (Å²) < 4.78 is 6.37. The number of rotatable bonds is 6. The van der Waals surface area contributed by atoms with Crippen molar-refractivity contribution < 1.29 is 71.7 Å². The Labute approximate surface area is 232 Å². The largest absolute Gasteiger partial charge is 1.00 e. The van der Waals surface area contributed by atoms with Crippen molar-refractivity contribution in [2.45, 2.75) is 14.7 Å². The van der Waals surface area contributed by atoms with Crippen molar-refractivity contribution in [1.82, 2.24) is 0 Å². The summed E-state index contributed by atoms with van der Waals surface area (Å²) in [6, 6.07) is 34.9. The number of hydrogen-bond donors (Lipinski definition) is 1. The van der Waals surface area contributed by atoms with Crippen molar-refractivity contribution in [2.24, 2.45) is 0 Å². The van der Waals surface area contributed by atoms with Crippen LogP contribution in [0.4, 0.5) is 0 Å². The first-order chi connectivity index (χ1) is 15.1. The molecule has 32 heavy (non-hydrogen) atoms. The van der Waals surface area contributed by atoms with E-state index in [1.807, 2.05) is 91.0 Å². The molecule has 0 bridgehead atoms. The van der Waals surface area contributed by atoms with Crippen LogP contribution in [0.5, 0.6) is 0 Å². The predicted octanol–water partition coefficient (Wildman–Crippen LogP) is 3.56. The van der Waals surface area contributed by atoms with Gasteiger partial charge in [0.25, 0.3) is 0 Å². The fraction of sp³-hybridized carbons (Fsp3) is 0. The van der Waals surface area contributed by atoms with Gasteiger partial charge in [-0.15, -0.1) is 0 Å². The second-order valence-corrected chi connectivity index (χ2v) is 9.45. The van der Waals surface area contributed by atoms with Crippen LogP contribution in [-0.2, 0) is 4.18 Å². The molecule has 0 aliphatic carbocycles. The number of benzene rings is 4. The molecule has 0 saturated heterocycles. The quantitative estimate of drug-likeness (QED) is 0.440. The Balaban J connectivity index is 0.00000193. The molecule has 4 aromatic rings. The van der Waals surface area contributed by atoms with Gasteiger partial charge in [0.05, 0.1) is 11.1 Å². The minimum absolute atomic E-state index is 0. The summed E-state index contributed by atoms with van der Waals surface area (Å²) >= 11 is 0. The van der Waals surface area contributed by atoms with E-state index in [-0.39, 0.29) is 63.9 Å². The molecule has 156 valence electrons. The summed E-state index contributed by atoms with van der Waals surface area (Å²) in [6.45, 7) is 0. The molecule has 0 aromatic heterocycles. The Morgan fingerprint density at radius 2 is 1.03 bits per heavy atom. The topological polar surface area (TPSA) is 63.6 Å². The predicted molar refractivity (Wildman–Crippen MR) is 122 cm³/mol. The van der Waals surface area contributed by atoms with Crippen LogP contribution in [0.3, 0.4) is 0 Å². The minimum atomic E-state index is -2.41. The van der Waals surface area contributed by atoms with Gasteiger partial charge in [-0.1, -0.05) is 60.7 Å². The van der Waals surface area contributed by atoms with Gasteiger partial charge in [0.15, 0.2) is 0 Å². The third-order valence-electron chi connectivity index (χ3n) is 4.77. The van der Waals surface area contributed by atoms with Crippen LogP contribution in [0.25, 0.3) is 0 Å². The monoisotopic (exact) mass is 468 g/mol. The van der Waals surface area contributed by atoms with Gasteiger partial charge in [-0.2, -0.15) is 0 Å². The molecule has 0 saturated carbocycles. The van der Waals surface area contributed by atoms with Gasteiger partial charge in [0.2, 0.25) is 0 Å². The molecular weight excluding hydrogens is 447 g/mol. The molecule has 0 aliphatic rings. The molecule has 0 radical (unpaired) electrons. The Morgan fingerprint density at radius 3 is 1.44 bits per heavy atom. The molecular formula is C26H21KO4S. The van der Waals surface area contributed by atoms with Crippen LogP contribution in [0.15, 0.2) is 130 Å². The van der Waals surface area contributed by atoms with E-state index in [1.54, 1.807) is 12.1 Å². The molecule has 0 spiro atoms. The number of aromatic carboxylic acids is 1. The Hall–Kier alpha value is -2.19. The number of hydrogen-bond acceptors (Lipinski definition) is 3. The number of carbonyl (C=O) groups excluding carboxylic acids is 1. The normalized spacial score (nSPS) is 11.1. The van der Waals surface area contributed by atoms with Gasteiger partial charge in [-0.25, -0.2) is 9.59 Å². The molecule has 4 rings (SSSR count). The summed E-state index contributed by atoms with van der Waals surface area (Å²) in [5.74, 6) is -1.67. The van der Waals surface area contributed by atoms with Crippen LogP contribution in [0, 0.1) is 0 Å². The first kappa shape index (κ1) is 24.4. The Bertz CT molecular complexity index is 1110. The number of carboxylic acids is 1. The SMILES string of the molecule is O=C(O)c1cccc(C(=O)OS(c2ccccc2)(c2ccccc2)c2ccccc2)c1.[H-].[K+]. The molecule has 6 heteroatoms. The maximum Gasteiger partial charge on any atom is 1.00 e. The zero-order valence-corrected chi connectivity index (χ0v) is 21.5. The van der Waals surface area contributed by atoms with Gasteiger partial charge in [-0.05, 0) is 64.9 Å². The number of carbonyl (C=O) groups is 2. The maximum atomic E-state index is 13.4.